The van der Waals surface area contributed by atoms with Crippen LogP contribution in [0.25, 0.3) is 0 Å². The SMILES string of the molecule is CCOc1ccc(C(=O)N2CCC(C)C2CO)cc1OC. The van der Waals surface area contributed by atoms with E-state index in [4.69, 9.17) is 9.47 Å². The molecule has 0 bridgehead atoms. The highest BCUT2D eigenvalue weighted by molar-refractivity contribution is 5.95. The zero-order valence-corrected chi connectivity index (χ0v) is 12.8. The molecular formula is C16H23NO4. The first-order valence-electron chi connectivity index (χ1n) is 7.35. The number of aliphatic hydroxyl groups is 1. The summed E-state index contributed by atoms with van der Waals surface area (Å²) in [6.45, 7) is 5.19. The van der Waals surface area contributed by atoms with Gasteiger partial charge in [-0.15, -0.1) is 0 Å². The molecule has 5 heteroatoms. The number of methoxy groups -OCH3 is 1. The molecule has 1 aromatic rings. The van der Waals surface area contributed by atoms with Crippen molar-refractivity contribution in [2.45, 2.75) is 26.3 Å². The summed E-state index contributed by atoms with van der Waals surface area (Å²) in [7, 11) is 1.56. The monoisotopic (exact) mass is 293 g/mol. The Labute approximate surface area is 125 Å². The summed E-state index contributed by atoms with van der Waals surface area (Å²) in [5.74, 6) is 1.43. The molecule has 1 amide bonds. The van der Waals surface area contributed by atoms with Gasteiger partial charge in [0.2, 0.25) is 0 Å². The van der Waals surface area contributed by atoms with E-state index >= 15 is 0 Å². The number of benzene rings is 1. The molecule has 1 heterocycles. The fraction of sp³-hybridized carbons (Fsp3) is 0.562. The highest BCUT2D eigenvalue weighted by Crippen LogP contribution is 2.30. The summed E-state index contributed by atoms with van der Waals surface area (Å²) < 4.78 is 10.7. The van der Waals surface area contributed by atoms with Crippen LogP contribution in [0.1, 0.15) is 30.6 Å². The zero-order valence-electron chi connectivity index (χ0n) is 12.8. The third-order valence-electron chi connectivity index (χ3n) is 4.04. The lowest BCUT2D eigenvalue weighted by atomic mass is 10.0. The highest BCUT2D eigenvalue weighted by atomic mass is 16.5. The maximum Gasteiger partial charge on any atom is 0.254 e. The molecular weight excluding hydrogens is 270 g/mol. The molecule has 1 aromatic carbocycles. The molecule has 1 N–H and O–H groups in total. The highest BCUT2D eigenvalue weighted by Gasteiger charge is 2.34. The fourth-order valence-corrected chi connectivity index (χ4v) is 2.78. The van der Waals surface area contributed by atoms with Crippen molar-refractivity contribution >= 4 is 5.91 Å². The second kappa shape index (κ2) is 6.80. The first-order chi connectivity index (χ1) is 10.1. The van der Waals surface area contributed by atoms with Gasteiger partial charge in [-0.3, -0.25) is 4.79 Å². The predicted molar refractivity (Wildman–Crippen MR) is 79.9 cm³/mol. The van der Waals surface area contributed by atoms with E-state index in [1.54, 1.807) is 30.2 Å². The summed E-state index contributed by atoms with van der Waals surface area (Å²) in [6, 6.07) is 5.09. The van der Waals surface area contributed by atoms with E-state index in [0.717, 1.165) is 6.42 Å². The second-order valence-corrected chi connectivity index (χ2v) is 5.31. The van der Waals surface area contributed by atoms with Crippen molar-refractivity contribution in [1.82, 2.24) is 4.90 Å². The van der Waals surface area contributed by atoms with Crippen molar-refractivity contribution in [3.8, 4) is 11.5 Å². The van der Waals surface area contributed by atoms with Gasteiger partial charge < -0.3 is 19.5 Å². The topological polar surface area (TPSA) is 59.0 Å². The van der Waals surface area contributed by atoms with Gasteiger partial charge in [-0.2, -0.15) is 0 Å². The average molecular weight is 293 g/mol. The number of carbonyl (C=O) groups is 1. The van der Waals surface area contributed by atoms with E-state index in [0.29, 0.717) is 36.1 Å². The van der Waals surface area contributed by atoms with Crippen LogP contribution in [0.2, 0.25) is 0 Å². The number of aliphatic hydroxyl groups excluding tert-OH is 1. The molecule has 0 spiro atoms. The molecule has 0 aliphatic carbocycles. The van der Waals surface area contributed by atoms with Crippen LogP contribution in [0.5, 0.6) is 11.5 Å². The van der Waals surface area contributed by atoms with Crippen LogP contribution in [-0.2, 0) is 0 Å². The third kappa shape index (κ3) is 3.13. The predicted octanol–water partition coefficient (Wildman–Crippen LogP) is 1.94. The molecule has 1 saturated heterocycles. The van der Waals surface area contributed by atoms with Crippen molar-refractivity contribution in [3.63, 3.8) is 0 Å². The third-order valence-corrected chi connectivity index (χ3v) is 4.04. The Balaban J connectivity index is 2.23. The van der Waals surface area contributed by atoms with Gasteiger partial charge in [-0.1, -0.05) is 6.92 Å². The Morgan fingerprint density at radius 1 is 1.43 bits per heavy atom. The molecule has 1 fully saturated rings. The molecule has 21 heavy (non-hydrogen) atoms. The van der Waals surface area contributed by atoms with Gasteiger partial charge in [0.15, 0.2) is 11.5 Å². The summed E-state index contributed by atoms with van der Waals surface area (Å²) in [5.41, 5.74) is 0.558. The fourth-order valence-electron chi connectivity index (χ4n) is 2.78. The van der Waals surface area contributed by atoms with Gasteiger partial charge in [0.25, 0.3) is 5.91 Å². The van der Waals surface area contributed by atoms with Crippen LogP contribution in [0.3, 0.4) is 0 Å². The molecule has 1 aliphatic heterocycles. The number of hydrogen-bond acceptors (Lipinski definition) is 4. The molecule has 5 nitrogen and oxygen atoms in total. The average Bonchev–Trinajstić information content (AvgIpc) is 2.88. The molecule has 0 aromatic heterocycles. The number of carbonyl (C=O) groups excluding carboxylic acids is 1. The van der Waals surface area contributed by atoms with Crippen molar-refractivity contribution < 1.29 is 19.4 Å². The Hall–Kier alpha value is -1.75. The van der Waals surface area contributed by atoms with Gasteiger partial charge in [0, 0.05) is 12.1 Å². The number of likely N-dealkylation sites (tertiary alicyclic amines) is 1. The first kappa shape index (κ1) is 15.6. The lowest BCUT2D eigenvalue weighted by molar-refractivity contribution is 0.0648. The Morgan fingerprint density at radius 3 is 2.81 bits per heavy atom. The van der Waals surface area contributed by atoms with Crippen LogP contribution >= 0.6 is 0 Å². The Kier molecular flexibility index (Phi) is 5.07. The minimum Gasteiger partial charge on any atom is -0.493 e. The summed E-state index contributed by atoms with van der Waals surface area (Å²) in [4.78, 5) is 14.4. The first-order valence-corrected chi connectivity index (χ1v) is 7.35. The van der Waals surface area contributed by atoms with Crippen molar-refractivity contribution in [2.24, 2.45) is 5.92 Å². The van der Waals surface area contributed by atoms with E-state index in [-0.39, 0.29) is 18.6 Å². The van der Waals surface area contributed by atoms with Crippen LogP contribution in [-0.4, -0.2) is 48.8 Å². The standard InChI is InChI=1S/C16H23NO4/c1-4-21-14-6-5-12(9-15(14)20-3)16(19)17-8-7-11(2)13(17)10-18/h5-6,9,11,13,18H,4,7-8,10H2,1-3H3. The summed E-state index contributed by atoms with van der Waals surface area (Å²) in [5, 5.41) is 9.48. The minimum atomic E-state index is -0.102. The lowest BCUT2D eigenvalue weighted by Gasteiger charge is -2.25. The molecule has 2 atom stereocenters. The Bertz CT molecular complexity index is 503. The van der Waals surface area contributed by atoms with Gasteiger partial charge in [-0.05, 0) is 37.5 Å². The second-order valence-electron chi connectivity index (χ2n) is 5.31. The maximum atomic E-state index is 12.6. The van der Waals surface area contributed by atoms with Crippen LogP contribution in [0.15, 0.2) is 18.2 Å². The lowest BCUT2D eigenvalue weighted by Crippen LogP contribution is -2.39. The quantitative estimate of drug-likeness (QED) is 0.901. The van der Waals surface area contributed by atoms with E-state index in [2.05, 4.69) is 6.92 Å². The van der Waals surface area contributed by atoms with E-state index in [9.17, 15) is 9.90 Å². The number of ether oxygens (including phenoxy) is 2. The van der Waals surface area contributed by atoms with Crippen LogP contribution in [0, 0.1) is 5.92 Å². The molecule has 0 saturated carbocycles. The van der Waals surface area contributed by atoms with Crippen molar-refractivity contribution in [3.05, 3.63) is 23.8 Å². The molecule has 2 rings (SSSR count). The smallest absolute Gasteiger partial charge is 0.254 e. The summed E-state index contributed by atoms with van der Waals surface area (Å²) >= 11 is 0. The molecule has 1 aliphatic rings. The van der Waals surface area contributed by atoms with E-state index in [1.165, 1.54) is 0 Å². The van der Waals surface area contributed by atoms with E-state index in [1.807, 2.05) is 6.92 Å². The number of hydrogen-bond donors (Lipinski definition) is 1. The van der Waals surface area contributed by atoms with Gasteiger partial charge in [-0.25, -0.2) is 0 Å². The largest absolute Gasteiger partial charge is 0.493 e. The maximum absolute atomic E-state index is 12.6. The van der Waals surface area contributed by atoms with Crippen molar-refractivity contribution in [1.29, 1.82) is 0 Å². The van der Waals surface area contributed by atoms with Crippen LogP contribution < -0.4 is 9.47 Å². The number of rotatable bonds is 5. The molecule has 0 radical (unpaired) electrons. The molecule has 116 valence electrons. The van der Waals surface area contributed by atoms with E-state index < -0.39 is 0 Å². The van der Waals surface area contributed by atoms with Crippen molar-refractivity contribution in [2.75, 3.05) is 26.9 Å². The summed E-state index contributed by atoms with van der Waals surface area (Å²) in [6.07, 6.45) is 0.922. The normalized spacial score (nSPS) is 21.4. The van der Waals surface area contributed by atoms with Gasteiger partial charge >= 0.3 is 0 Å². The zero-order chi connectivity index (χ0) is 15.4. The Morgan fingerprint density at radius 2 is 2.19 bits per heavy atom. The van der Waals surface area contributed by atoms with Gasteiger partial charge in [0.1, 0.15) is 0 Å². The number of nitrogens with zero attached hydrogens (tertiary/aromatic N) is 1. The minimum absolute atomic E-state index is 0.00106. The molecule has 2 unspecified atom stereocenters. The van der Waals surface area contributed by atoms with Crippen LogP contribution in [0.4, 0.5) is 0 Å². The number of amides is 1. The van der Waals surface area contributed by atoms with Gasteiger partial charge in [0.05, 0.1) is 26.4 Å².